The molecule has 0 heterocycles. The molecule has 2 atom stereocenters. The van der Waals surface area contributed by atoms with Crippen LogP contribution >= 0.6 is 11.6 Å². The van der Waals surface area contributed by atoms with Crippen molar-refractivity contribution in [2.24, 2.45) is 11.7 Å². The normalized spacial score (nSPS) is 15.2. The quantitative estimate of drug-likeness (QED) is 0.820. The molecule has 1 nitrogen and oxygen atoms in total. The first kappa shape index (κ1) is 11.5. The molecule has 78 valence electrons. The third-order valence-corrected chi connectivity index (χ3v) is 2.89. The average molecular weight is 216 g/mol. The van der Waals surface area contributed by atoms with Gasteiger partial charge in [-0.05, 0) is 23.6 Å². The Bertz CT molecular complexity index is 314. The zero-order valence-corrected chi connectivity index (χ0v) is 9.18. The molecule has 0 amide bonds. The monoisotopic (exact) mass is 215 g/mol. The zero-order chi connectivity index (χ0) is 10.7. The Labute approximate surface area is 89.1 Å². The molecule has 1 aromatic rings. The van der Waals surface area contributed by atoms with E-state index in [0.29, 0.717) is 5.92 Å². The van der Waals surface area contributed by atoms with Crippen molar-refractivity contribution in [3.8, 4) is 0 Å². The highest BCUT2D eigenvalue weighted by molar-refractivity contribution is 6.30. The number of hydrogen-bond acceptors (Lipinski definition) is 1. The highest BCUT2D eigenvalue weighted by atomic mass is 35.5. The Morgan fingerprint density at radius 2 is 2.14 bits per heavy atom. The van der Waals surface area contributed by atoms with Gasteiger partial charge in [0.1, 0.15) is 5.82 Å². The Hall–Kier alpha value is -0.600. The van der Waals surface area contributed by atoms with Gasteiger partial charge in [-0.25, -0.2) is 4.39 Å². The predicted octanol–water partition coefficient (Wildman–Crippen LogP) is 3.53. The highest BCUT2D eigenvalue weighted by Crippen LogP contribution is 2.24. The van der Waals surface area contributed by atoms with Gasteiger partial charge in [-0.1, -0.05) is 37.9 Å². The van der Waals surface area contributed by atoms with E-state index in [4.69, 9.17) is 17.3 Å². The second-order valence-electron chi connectivity index (χ2n) is 3.58. The molecule has 0 fully saturated rings. The number of halogens is 2. The van der Waals surface area contributed by atoms with Crippen molar-refractivity contribution in [2.75, 3.05) is 0 Å². The average Bonchev–Trinajstić information content (AvgIpc) is 2.20. The summed E-state index contributed by atoms with van der Waals surface area (Å²) >= 11 is 5.58. The first-order valence-electron chi connectivity index (χ1n) is 4.76. The molecule has 0 saturated heterocycles. The van der Waals surface area contributed by atoms with Crippen LogP contribution < -0.4 is 5.73 Å². The first-order valence-corrected chi connectivity index (χ1v) is 5.14. The maximum atomic E-state index is 13.1. The summed E-state index contributed by atoms with van der Waals surface area (Å²) in [5.41, 5.74) is 6.76. The molecule has 14 heavy (non-hydrogen) atoms. The SMILES string of the molecule is CCC(C)[C@@H](N)c1ccc(Cl)c(F)c1. The van der Waals surface area contributed by atoms with Gasteiger partial charge in [-0.15, -0.1) is 0 Å². The van der Waals surface area contributed by atoms with Crippen molar-refractivity contribution in [2.45, 2.75) is 26.3 Å². The number of rotatable bonds is 3. The van der Waals surface area contributed by atoms with Crippen molar-refractivity contribution in [3.05, 3.63) is 34.6 Å². The summed E-state index contributed by atoms with van der Waals surface area (Å²) in [7, 11) is 0. The second-order valence-corrected chi connectivity index (χ2v) is 3.99. The highest BCUT2D eigenvalue weighted by Gasteiger charge is 2.14. The lowest BCUT2D eigenvalue weighted by atomic mass is 9.93. The van der Waals surface area contributed by atoms with Crippen molar-refractivity contribution in [1.82, 2.24) is 0 Å². The number of hydrogen-bond donors (Lipinski definition) is 1. The molecular formula is C11H15ClFN. The van der Waals surface area contributed by atoms with Gasteiger partial charge in [-0.3, -0.25) is 0 Å². The number of nitrogens with two attached hydrogens (primary N) is 1. The van der Waals surface area contributed by atoms with Crippen LogP contribution in [-0.2, 0) is 0 Å². The zero-order valence-electron chi connectivity index (χ0n) is 8.43. The molecule has 1 aromatic carbocycles. The van der Waals surface area contributed by atoms with Crippen LogP contribution in [0.5, 0.6) is 0 Å². The molecule has 0 spiro atoms. The van der Waals surface area contributed by atoms with Crippen LogP contribution in [0.15, 0.2) is 18.2 Å². The Morgan fingerprint density at radius 3 is 2.64 bits per heavy atom. The molecule has 3 heteroatoms. The van der Waals surface area contributed by atoms with Crippen molar-refractivity contribution in [3.63, 3.8) is 0 Å². The minimum atomic E-state index is -0.400. The van der Waals surface area contributed by atoms with Crippen LogP contribution in [0.2, 0.25) is 5.02 Å². The molecule has 1 rings (SSSR count). The molecule has 0 radical (unpaired) electrons. The van der Waals surface area contributed by atoms with Crippen molar-refractivity contribution in [1.29, 1.82) is 0 Å². The Balaban J connectivity index is 2.91. The topological polar surface area (TPSA) is 26.0 Å². The van der Waals surface area contributed by atoms with Gasteiger partial charge in [0.05, 0.1) is 5.02 Å². The summed E-state index contributed by atoms with van der Waals surface area (Å²) < 4.78 is 13.1. The number of benzene rings is 1. The van der Waals surface area contributed by atoms with Gasteiger partial charge in [0.25, 0.3) is 0 Å². The largest absolute Gasteiger partial charge is 0.324 e. The van der Waals surface area contributed by atoms with Crippen LogP contribution in [0.3, 0.4) is 0 Å². The van der Waals surface area contributed by atoms with E-state index in [1.807, 2.05) is 0 Å². The molecule has 0 aromatic heterocycles. The second kappa shape index (κ2) is 4.76. The third-order valence-electron chi connectivity index (χ3n) is 2.59. The molecular weight excluding hydrogens is 201 g/mol. The van der Waals surface area contributed by atoms with E-state index in [1.165, 1.54) is 6.07 Å². The lowest BCUT2D eigenvalue weighted by molar-refractivity contribution is 0.455. The Morgan fingerprint density at radius 1 is 1.50 bits per heavy atom. The summed E-state index contributed by atoms with van der Waals surface area (Å²) in [6, 6.07) is 4.63. The van der Waals surface area contributed by atoms with Crippen LogP contribution in [0, 0.1) is 11.7 Å². The van der Waals surface area contributed by atoms with E-state index in [1.54, 1.807) is 12.1 Å². The van der Waals surface area contributed by atoms with E-state index in [2.05, 4.69) is 13.8 Å². The summed E-state index contributed by atoms with van der Waals surface area (Å²) in [6.07, 6.45) is 0.978. The maximum absolute atomic E-state index is 13.1. The minimum absolute atomic E-state index is 0.119. The molecule has 0 bridgehead atoms. The predicted molar refractivity (Wildman–Crippen MR) is 57.8 cm³/mol. The molecule has 0 aliphatic rings. The van der Waals surface area contributed by atoms with E-state index >= 15 is 0 Å². The fraction of sp³-hybridized carbons (Fsp3) is 0.455. The fourth-order valence-corrected chi connectivity index (χ4v) is 1.42. The van der Waals surface area contributed by atoms with Gasteiger partial charge < -0.3 is 5.73 Å². The fourth-order valence-electron chi connectivity index (χ4n) is 1.30. The van der Waals surface area contributed by atoms with E-state index in [9.17, 15) is 4.39 Å². The van der Waals surface area contributed by atoms with Gasteiger partial charge in [-0.2, -0.15) is 0 Å². The Kier molecular flexibility index (Phi) is 3.90. The molecule has 1 unspecified atom stereocenters. The third kappa shape index (κ3) is 2.46. The van der Waals surface area contributed by atoms with Gasteiger partial charge >= 0.3 is 0 Å². The first-order chi connectivity index (χ1) is 6.56. The summed E-state index contributed by atoms with van der Waals surface area (Å²) in [5, 5.41) is 0.144. The maximum Gasteiger partial charge on any atom is 0.142 e. The summed E-state index contributed by atoms with van der Waals surface area (Å²) in [5.74, 6) is -0.0569. The van der Waals surface area contributed by atoms with Gasteiger partial charge in [0.15, 0.2) is 0 Å². The van der Waals surface area contributed by atoms with E-state index in [0.717, 1.165) is 12.0 Å². The van der Waals surface area contributed by atoms with Crippen molar-refractivity contribution >= 4 is 11.6 Å². The summed E-state index contributed by atoms with van der Waals surface area (Å²) in [4.78, 5) is 0. The van der Waals surface area contributed by atoms with Gasteiger partial charge in [0.2, 0.25) is 0 Å². The van der Waals surface area contributed by atoms with E-state index < -0.39 is 5.82 Å². The lowest BCUT2D eigenvalue weighted by Gasteiger charge is -2.18. The lowest BCUT2D eigenvalue weighted by Crippen LogP contribution is -2.18. The van der Waals surface area contributed by atoms with Crippen LogP contribution in [0.1, 0.15) is 31.9 Å². The molecule has 0 aliphatic heterocycles. The standard InChI is InChI=1S/C11H15ClFN/c1-3-7(2)11(14)8-4-5-9(12)10(13)6-8/h4-7,11H,3,14H2,1-2H3/t7?,11-/m1/s1. The molecule has 0 saturated carbocycles. The van der Waals surface area contributed by atoms with E-state index in [-0.39, 0.29) is 11.1 Å². The molecule has 0 aliphatic carbocycles. The molecule has 2 N–H and O–H groups in total. The van der Waals surface area contributed by atoms with Crippen LogP contribution in [-0.4, -0.2) is 0 Å². The van der Waals surface area contributed by atoms with Crippen LogP contribution in [0.25, 0.3) is 0 Å². The van der Waals surface area contributed by atoms with Crippen molar-refractivity contribution < 1.29 is 4.39 Å². The van der Waals surface area contributed by atoms with Gasteiger partial charge in [0, 0.05) is 6.04 Å². The minimum Gasteiger partial charge on any atom is -0.324 e. The smallest absolute Gasteiger partial charge is 0.142 e. The van der Waals surface area contributed by atoms with Crippen LogP contribution in [0.4, 0.5) is 4.39 Å². The summed E-state index contributed by atoms with van der Waals surface area (Å²) in [6.45, 7) is 4.12.